The lowest BCUT2D eigenvalue weighted by atomic mass is 9.87. The molecule has 0 aliphatic heterocycles. The third-order valence-electron chi connectivity index (χ3n) is 4.29. The van der Waals surface area contributed by atoms with Gasteiger partial charge in [-0.2, -0.15) is 0 Å². The molecule has 21 heavy (non-hydrogen) atoms. The van der Waals surface area contributed by atoms with Crippen LogP contribution in [0.3, 0.4) is 0 Å². The van der Waals surface area contributed by atoms with Crippen LogP contribution in [0.5, 0.6) is 0 Å². The van der Waals surface area contributed by atoms with E-state index in [9.17, 15) is 0 Å². The summed E-state index contributed by atoms with van der Waals surface area (Å²) >= 11 is 10.0. The maximum absolute atomic E-state index is 6.51. The van der Waals surface area contributed by atoms with Crippen molar-refractivity contribution in [1.29, 1.82) is 0 Å². The summed E-state index contributed by atoms with van der Waals surface area (Å²) in [5.41, 5.74) is 7.72. The molecule has 1 nitrogen and oxygen atoms in total. The van der Waals surface area contributed by atoms with Crippen LogP contribution in [-0.2, 0) is 0 Å². The van der Waals surface area contributed by atoms with Gasteiger partial charge in [0.2, 0.25) is 0 Å². The van der Waals surface area contributed by atoms with Crippen LogP contribution >= 0.6 is 27.5 Å². The number of rotatable bonds is 3. The Morgan fingerprint density at radius 3 is 2.14 bits per heavy atom. The van der Waals surface area contributed by atoms with Crippen LogP contribution in [0.4, 0.5) is 0 Å². The van der Waals surface area contributed by atoms with Gasteiger partial charge in [-0.15, -0.1) is 0 Å². The Balaban J connectivity index is 2.71. The zero-order valence-electron chi connectivity index (χ0n) is 13.1. The number of hydrogen-bond donors (Lipinski definition) is 1. The summed E-state index contributed by atoms with van der Waals surface area (Å²) in [6.07, 6.45) is 0. The van der Waals surface area contributed by atoms with Crippen LogP contribution in [0.2, 0.25) is 5.02 Å². The molecule has 1 unspecified atom stereocenters. The number of halogens is 2. The molecule has 2 aromatic rings. The Labute approximate surface area is 140 Å². The molecule has 2 aromatic carbocycles. The maximum atomic E-state index is 6.51. The first-order valence-electron chi connectivity index (χ1n) is 7.07. The minimum Gasteiger partial charge on any atom is -0.309 e. The summed E-state index contributed by atoms with van der Waals surface area (Å²) < 4.78 is 0.932. The molecule has 0 spiro atoms. The fourth-order valence-electron chi connectivity index (χ4n) is 2.88. The fourth-order valence-corrected chi connectivity index (χ4v) is 3.50. The highest BCUT2D eigenvalue weighted by Crippen LogP contribution is 2.37. The Morgan fingerprint density at radius 1 is 1.05 bits per heavy atom. The van der Waals surface area contributed by atoms with Crippen LogP contribution in [0, 0.1) is 27.7 Å². The van der Waals surface area contributed by atoms with Crippen molar-refractivity contribution in [2.24, 2.45) is 0 Å². The molecular weight excluding hydrogens is 346 g/mol. The summed E-state index contributed by atoms with van der Waals surface area (Å²) in [6.45, 7) is 8.71. The van der Waals surface area contributed by atoms with E-state index in [2.05, 4.69) is 61.1 Å². The highest BCUT2D eigenvalue weighted by atomic mass is 79.9. The molecule has 0 aromatic heterocycles. The molecule has 0 bridgehead atoms. The van der Waals surface area contributed by atoms with Crippen molar-refractivity contribution in [3.05, 3.63) is 67.1 Å². The maximum Gasteiger partial charge on any atom is 0.0599 e. The summed E-state index contributed by atoms with van der Waals surface area (Å²) in [6, 6.07) is 8.44. The summed E-state index contributed by atoms with van der Waals surface area (Å²) in [5.74, 6) is 0. The standard InChI is InChI=1S/C18H21BrClN/c1-10-9-11(2)13(4)16(12(10)3)18(21-5)14-7-6-8-15(19)17(14)20/h6-9,18,21H,1-5H3. The van der Waals surface area contributed by atoms with Gasteiger partial charge in [0.1, 0.15) is 0 Å². The van der Waals surface area contributed by atoms with Gasteiger partial charge >= 0.3 is 0 Å². The van der Waals surface area contributed by atoms with Crippen molar-refractivity contribution in [1.82, 2.24) is 5.32 Å². The smallest absolute Gasteiger partial charge is 0.0599 e. The lowest BCUT2D eigenvalue weighted by Gasteiger charge is -2.25. The number of aryl methyl sites for hydroxylation is 2. The van der Waals surface area contributed by atoms with Gasteiger partial charge in [-0.3, -0.25) is 0 Å². The van der Waals surface area contributed by atoms with Crippen molar-refractivity contribution in [3.8, 4) is 0 Å². The van der Waals surface area contributed by atoms with Gasteiger partial charge in [0.25, 0.3) is 0 Å². The van der Waals surface area contributed by atoms with Crippen LogP contribution in [-0.4, -0.2) is 7.05 Å². The first-order chi connectivity index (χ1) is 9.88. The van der Waals surface area contributed by atoms with Gasteiger partial charge in [-0.05, 0) is 90.1 Å². The van der Waals surface area contributed by atoms with E-state index in [1.54, 1.807) is 0 Å². The summed E-state index contributed by atoms with van der Waals surface area (Å²) in [5, 5.41) is 4.21. The molecule has 3 heteroatoms. The first-order valence-corrected chi connectivity index (χ1v) is 8.24. The van der Waals surface area contributed by atoms with Gasteiger partial charge in [0.15, 0.2) is 0 Å². The molecule has 1 atom stereocenters. The highest BCUT2D eigenvalue weighted by molar-refractivity contribution is 9.10. The minimum absolute atomic E-state index is 0.0913. The van der Waals surface area contributed by atoms with Crippen LogP contribution in [0.25, 0.3) is 0 Å². The predicted molar refractivity (Wildman–Crippen MR) is 95.4 cm³/mol. The molecule has 1 N–H and O–H groups in total. The lowest BCUT2D eigenvalue weighted by molar-refractivity contribution is 0.681. The molecule has 2 rings (SSSR count). The number of hydrogen-bond acceptors (Lipinski definition) is 1. The van der Waals surface area contributed by atoms with Gasteiger partial charge in [-0.1, -0.05) is 29.8 Å². The minimum atomic E-state index is 0.0913. The van der Waals surface area contributed by atoms with E-state index in [4.69, 9.17) is 11.6 Å². The average Bonchev–Trinajstić information content (AvgIpc) is 2.45. The Hall–Kier alpha value is -0.830. The highest BCUT2D eigenvalue weighted by Gasteiger charge is 2.21. The van der Waals surface area contributed by atoms with Gasteiger partial charge in [0, 0.05) is 4.47 Å². The molecule has 0 fully saturated rings. The van der Waals surface area contributed by atoms with Crippen molar-refractivity contribution in [2.45, 2.75) is 33.7 Å². The third kappa shape index (κ3) is 3.03. The zero-order chi connectivity index (χ0) is 15.7. The molecule has 0 saturated heterocycles. The van der Waals surface area contributed by atoms with Gasteiger partial charge in [0.05, 0.1) is 11.1 Å². The topological polar surface area (TPSA) is 12.0 Å². The van der Waals surface area contributed by atoms with E-state index in [1.807, 2.05) is 19.2 Å². The SMILES string of the molecule is CNC(c1cccc(Br)c1Cl)c1c(C)c(C)cc(C)c1C. The Morgan fingerprint density at radius 2 is 1.62 bits per heavy atom. The molecular formula is C18H21BrClN. The monoisotopic (exact) mass is 365 g/mol. The second-order valence-corrected chi connectivity index (χ2v) is 6.77. The molecule has 0 radical (unpaired) electrons. The normalized spacial score (nSPS) is 12.5. The van der Waals surface area contributed by atoms with E-state index in [1.165, 1.54) is 27.8 Å². The molecule has 112 valence electrons. The Bertz CT molecular complexity index is 653. The predicted octanol–water partition coefficient (Wildman–Crippen LogP) is 5.64. The van der Waals surface area contributed by atoms with Crippen molar-refractivity contribution in [2.75, 3.05) is 7.05 Å². The lowest BCUT2D eigenvalue weighted by Crippen LogP contribution is -2.21. The molecule has 0 saturated carbocycles. The van der Waals surface area contributed by atoms with Crippen LogP contribution < -0.4 is 5.32 Å². The third-order valence-corrected chi connectivity index (χ3v) is 5.60. The van der Waals surface area contributed by atoms with E-state index >= 15 is 0 Å². The molecule has 0 amide bonds. The van der Waals surface area contributed by atoms with Gasteiger partial charge < -0.3 is 5.32 Å². The second-order valence-electron chi connectivity index (χ2n) is 5.54. The Kier molecular flexibility index (Phi) is 5.13. The van der Waals surface area contributed by atoms with Crippen molar-refractivity contribution < 1.29 is 0 Å². The average molecular weight is 367 g/mol. The largest absolute Gasteiger partial charge is 0.309 e. The second kappa shape index (κ2) is 6.51. The summed E-state index contributed by atoms with van der Waals surface area (Å²) in [7, 11) is 1.98. The zero-order valence-corrected chi connectivity index (χ0v) is 15.5. The van der Waals surface area contributed by atoms with E-state index in [0.29, 0.717) is 0 Å². The van der Waals surface area contributed by atoms with Crippen LogP contribution in [0.15, 0.2) is 28.7 Å². The summed E-state index contributed by atoms with van der Waals surface area (Å²) in [4.78, 5) is 0. The van der Waals surface area contributed by atoms with Crippen LogP contribution in [0.1, 0.15) is 39.4 Å². The quantitative estimate of drug-likeness (QED) is 0.740. The van der Waals surface area contributed by atoms with E-state index in [-0.39, 0.29) is 6.04 Å². The molecule has 0 heterocycles. The fraction of sp³-hybridized carbons (Fsp3) is 0.333. The molecule has 0 aliphatic carbocycles. The number of nitrogens with one attached hydrogen (secondary N) is 1. The number of benzene rings is 2. The first kappa shape index (κ1) is 16.5. The van der Waals surface area contributed by atoms with E-state index in [0.717, 1.165) is 15.1 Å². The van der Waals surface area contributed by atoms with Crippen molar-refractivity contribution >= 4 is 27.5 Å². The van der Waals surface area contributed by atoms with Gasteiger partial charge in [-0.25, -0.2) is 0 Å². The molecule has 0 aliphatic rings. The van der Waals surface area contributed by atoms with E-state index < -0.39 is 0 Å². The van der Waals surface area contributed by atoms with Crippen molar-refractivity contribution in [3.63, 3.8) is 0 Å².